The lowest BCUT2D eigenvalue weighted by Crippen LogP contribution is -2.24. The molecule has 0 aromatic heterocycles. The molecule has 0 bridgehead atoms. The normalized spacial score (nSPS) is 49.6. The van der Waals surface area contributed by atoms with Gasteiger partial charge < -0.3 is 0 Å². The summed E-state index contributed by atoms with van der Waals surface area (Å²) in [4.78, 5) is 0. The zero-order chi connectivity index (χ0) is 11.8. The van der Waals surface area contributed by atoms with E-state index in [-0.39, 0.29) is 0 Å². The summed E-state index contributed by atoms with van der Waals surface area (Å²) in [6, 6.07) is 0. The van der Waals surface area contributed by atoms with Gasteiger partial charge in [0.2, 0.25) is 0 Å². The molecule has 4 heteroatoms. The van der Waals surface area contributed by atoms with E-state index in [1.807, 2.05) is 0 Å². The van der Waals surface area contributed by atoms with Crippen LogP contribution in [0.1, 0.15) is 0 Å². The molecular formula is C11H22Cl2Si2. The summed E-state index contributed by atoms with van der Waals surface area (Å²) in [5, 5.41) is 0.784. The maximum absolute atomic E-state index is 6.56. The lowest BCUT2D eigenvalue weighted by Gasteiger charge is -2.18. The highest BCUT2D eigenvalue weighted by atomic mass is 35.5. The van der Waals surface area contributed by atoms with Crippen molar-refractivity contribution in [3.8, 4) is 0 Å². The molecule has 0 radical (unpaired) electrons. The van der Waals surface area contributed by atoms with E-state index in [1.165, 1.54) is 0 Å². The van der Waals surface area contributed by atoms with Gasteiger partial charge in [-0.05, 0) is 11.1 Å². The average molecular weight is 281 g/mol. The zero-order valence-corrected chi connectivity index (χ0v) is 14.1. The summed E-state index contributed by atoms with van der Waals surface area (Å²) in [5.74, 6) is 0. The standard InChI is InChI=1S/C11H22Cl2Si2/c1-14(2,3)9-7(12)11(9)8(13)10(11)15(4,5)6/h7-10H,1-6H3. The van der Waals surface area contributed by atoms with E-state index in [4.69, 9.17) is 23.2 Å². The van der Waals surface area contributed by atoms with E-state index in [9.17, 15) is 0 Å². The second-order valence-corrected chi connectivity index (χ2v) is 19.1. The highest BCUT2D eigenvalue weighted by molar-refractivity contribution is 6.83. The Morgan fingerprint density at radius 3 is 1.13 bits per heavy atom. The van der Waals surface area contributed by atoms with E-state index < -0.39 is 16.1 Å². The first-order valence-corrected chi connectivity index (χ1v) is 13.9. The summed E-state index contributed by atoms with van der Waals surface area (Å²) in [6.45, 7) is 14.6. The molecule has 88 valence electrons. The predicted octanol–water partition coefficient (Wildman–Crippen LogP) is 4.63. The Morgan fingerprint density at radius 1 is 0.733 bits per heavy atom. The highest BCUT2D eigenvalue weighted by Crippen LogP contribution is 2.88. The van der Waals surface area contributed by atoms with Gasteiger partial charge in [0, 0.05) is 32.3 Å². The van der Waals surface area contributed by atoms with Crippen LogP contribution in [0, 0.1) is 5.41 Å². The van der Waals surface area contributed by atoms with Crippen molar-refractivity contribution in [1.29, 1.82) is 0 Å². The van der Waals surface area contributed by atoms with Crippen LogP contribution < -0.4 is 0 Å². The van der Waals surface area contributed by atoms with Gasteiger partial charge in [-0.3, -0.25) is 0 Å². The van der Waals surface area contributed by atoms with Crippen LogP contribution in [0.15, 0.2) is 0 Å². The molecule has 0 aromatic rings. The SMILES string of the molecule is C[Si](C)(C)C1C(Cl)C12C(Cl)C2[Si](C)(C)C. The Labute approximate surface area is 106 Å². The molecule has 0 amide bonds. The second kappa shape index (κ2) is 3.07. The van der Waals surface area contributed by atoms with Crippen LogP contribution in [0.5, 0.6) is 0 Å². The van der Waals surface area contributed by atoms with Gasteiger partial charge in [-0.15, -0.1) is 23.2 Å². The first-order valence-electron chi connectivity index (χ1n) is 5.84. The summed E-state index contributed by atoms with van der Waals surface area (Å²) < 4.78 is 0. The van der Waals surface area contributed by atoms with Gasteiger partial charge in [-0.25, -0.2) is 0 Å². The van der Waals surface area contributed by atoms with E-state index in [0.29, 0.717) is 16.2 Å². The number of halogens is 2. The minimum Gasteiger partial charge on any atom is -0.122 e. The molecule has 4 unspecified atom stereocenters. The van der Waals surface area contributed by atoms with E-state index in [1.54, 1.807) is 0 Å². The molecule has 0 aliphatic heterocycles. The summed E-state index contributed by atoms with van der Waals surface area (Å²) >= 11 is 13.1. The van der Waals surface area contributed by atoms with Crippen LogP contribution in [0.3, 0.4) is 0 Å². The summed E-state index contributed by atoms with van der Waals surface area (Å²) in [5.41, 5.74) is 1.91. The molecule has 1 spiro atoms. The predicted molar refractivity (Wildman–Crippen MR) is 75.9 cm³/mol. The average Bonchev–Trinajstić information content (AvgIpc) is 2.69. The van der Waals surface area contributed by atoms with Crippen LogP contribution >= 0.6 is 23.2 Å². The first-order chi connectivity index (χ1) is 6.55. The Kier molecular flexibility index (Phi) is 2.55. The van der Waals surface area contributed by atoms with Crippen LogP contribution in [0.25, 0.3) is 0 Å². The maximum Gasteiger partial charge on any atom is 0.0498 e. The third kappa shape index (κ3) is 1.51. The molecule has 0 heterocycles. The molecule has 0 saturated heterocycles. The van der Waals surface area contributed by atoms with Crippen molar-refractivity contribution in [2.24, 2.45) is 5.41 Å². The largest absolute Gasteiger partial charge is 0.122 e. The van der Waals surface area contributed by atoms with Crippen LogP contribution in [0.2, 0.25) is 50.4 Å². The number of rotatable bonds is 2. The van der Waals surface area contributed by atoms with Gasteiger partial charge in [0.05, 0.1) is 0 Å². The third-order valence-corrected chi connectivity index (χ3v) is 11.3. The monoisotopic (exact) mass is 280 g/mol. The van der Waals surface area contributed by atoms with Gasteiger partial charge >= 0.3 is 0 Å². The Bertz CT molecular complexity index is 260. The molecule has 0 aromatic carbocycles. The Morgan fingerprint density at radius 2 is 1.00 bits per heavy atom. The Hall–Kier alpha value is 1.01. The molecule has 2 fully saturated rings. The molecule has 15 heavy (non-hydrogen) atoms. The molecule has 2 saturated carbocycles. The molecule has 0 N–H and O–H groups in total. The summed E-state index contributed by atoms with van der Waals surface area (Å²) in [6.07, 6.45) is 0. The van der Waals surface area contributed by atoms with Gasteiger partial charge in [0.25, 0.3) is 0 Å². The number of hydrogen-bond donors (Lipinski definition) is 0. The lowest BCUT2D eigenvalue weighted by atomic mass is 10.4. The van der Waals surface area contributed by atoms with Crippen molar-refractivity contribution in [3.63, 3.8) is 0 Å². The van der Waals surface area contributed by atoms with Crippen molar-refractivity contribution in [2.75, 3.05) is 0 Å². The van der Waals surface area contributed by atoms with Gasteiger partial charge in [0.15, 0.2) is 0 Å². The van der Waals surface area contributed by atoms with Crippen molar-refractivity contribution in [2.45, 2.75) is 61.1 Å². The topological polar surface area (TPSA) is 0 Å². The number of hydrogen-bond acceptors (Lipinski definition) is 0. The molecule has 2 rings (SSSR count). The molecule has 2 aliphatic rings. The van der Waals surface area contributed by atoms with Crippen LogP contribution in [0.4, 0.5) is 0 Å². The fraction of sp³-hybridized carbons (Fsp3) is 1.00. The fourth-order valence-corrected chi connectivity index (χ4v) is 14.1. The van der Waals surface area contributed by atoms with Crippen molar-refractivity contribution < 1.29 is 0 Å². The minimum atomic E-state index is -1.12. The fourth-order valence-electron chi connectivity index (χ4n) is 3.83. The van der Waals surface area contributed by atoms with Crippen molar-refractivity contribution in [1.82, 2.24) is 0 Å². The minimum absolute atomic E-state index is 0.373. The quantitative estimate of drug-likeness (QED) is 0.511. The molecule has 2 aliphatic carbocycles. The van der Waals surface area contributed by atoms with Crippen LogP contribution in [-0.4, -0.2) is 26.9 Å². The van der Waals surface area contributed by atoms with Gasteiger partial charge in [0.1, 0.15) is 0 Å². The van der Waals surface area contributed by atoms with Gasteiger partial charge in [-0.2, -0.15) is 0 Å². The first kappa shape index (κ1) is 12.5. The number of alkyl halides is 2. The van der Waals surface area contributed by atoms with E-state index in [0.717, 1.165) is 11.1 Å². The second-order valence-electron chi connectivity index (χ2n) is 7.49. The molecule has 0 nitrogen and oxygen atoms in total. The van der Waals surface area contributed by atoms with Crippen LogP contribution in [-0.2, 0) is 0 Å². The highest BCUT2D eigenvalue weighted by Gasteiger charge is 2.87. The maximum atomic E-state index is 6.56. The summed E-state index contributed by atoms with van der Waals surface area (Å²) in [7, 11) is -2.23. The molecular weight excluding hydrogens is 259 g/mol. The van der Waals surface area contributed by atoms with E-state index >= 15 is 0 Å². The van der Waals surface area contributed by atoms with Gasteiger partial charge in [-0.1, -0.05) is 39.3 Å². The Balaban J connectivity index is 2.22. The third-order valence-electron chi connectivity index (χ3n) is 4.27. The smallest absolute Gasteiger partial charge is 0.0498 e. The molecule has 4 atom stereocenters. The van der Waals surface area contributed by atoms with E-state index in [2.05, 4.69) is 39.3 Å². The van der Waals surface area contributed by atoms with Crippen molar-refractivity contribution >= 4 is 39.3 Å². The van der Waals surface area contributed by atoms with Crippen molar-refractivity contribution in [3.05, 3.63) is 0 Å². The lowest BCUT2D eigenvalue weighted by molar-refractivity contribution is 0.878. The zero-order valence-electron chi connectivity index (χ0n) is 10.6.